The van der Waals surface area contributed by atoms with Crippen LogP contribution in [-0.4, -0.2) is 20.6 Å². The van der Waals surface area contributed by atoms with Crippen LogP contribution in [0, 0.1) is 0 Å². The molecule has 1 aromatic rings. The number of benzene rings is 1. The zero-order chi connectivity index (χ0) is 11.1. The molecule has 0 heterocycles. The van der Waals surface area contributed by atoms with Gasteiger partial charge in [-0.1, -0.05) is 12.1 Å². The predicted molar refractivity (Wildman–Crippen MR) is 57.8 cm³/mol. The van der Waals surface area contributed by atoms with Crippen LogP contribution < -0.4 is 14.8 Å². The normalized spacial score (nSPS) is 10.0. The van der Waals surface area contributed by atoms with Crippen molar-refractivity contribution in [3.63, 3.8) is 0 Å². The summed E-state index contributed by atoms with van der Waals surface area (Å²) >= 11 is 0. The minimum absolute atomic E-state index is 0.600. The number of hydrogen-bond acceptors (Lipinski definition) is 3. The van der Waals surface area contributed by atoms with Crippen LogP contribution in [0.25, 0.3) is 6.08 Å². The summed E-state index contributed by atoms with van der Waals surface area (Å²) in [6.07, 6.45) is 3.86. The van der Waals surface area contributed by atoms with Gasteiger partial charge >= 0.3 is 0 Å². The van der Waals surface area contributed by atoms with Crippen molar-refractivity contribution in [2.45, 2.75) is 0 Å². The number of rotatable bonds is 5. The first-order chi connectivity index (χ1) is 7.33. The molecule has 1 aromatic carbocycles. The lowest BCUT2D eigenvalue weighted by atomic mass is 10.2. The topological polar surface area (TPSA) is 47.6 Å². The van der Waals surface area contributed by atoms with E-state index in [-0.39, 0.29) is 0 Å². The number of carbonyl (C=O) groups excluding carboxylic acids is 1. The highest BCUT2D eigenvalue weighted by Gasteiger charge is 2.05. The number of para-hydroxylation sites is 1. The number of amides is 1. The van der Waals surface area contributed by atoms with Gasteiger partial charge in [0.25, 0.3) is 0 Å². The van der Waals surface area contributed by atoms with Gasteiger partial charge in [0, 0.05) is 11.8 Å². The van der Waals surface area contributed by atoms with Gasteiger partial charge in [-0.15, -0.1) is 0 Å². The quantitative estimate of drug-likeness (QED) is 0.743. The Kier molecular flexibility index (Phi) is 4.22. The highest BCUT2D eigenvalue weighted by atomic mass is 16.5. The second-order valence-electron chi connectivity index (χ2n) is 2.70. The number of carbonyl (C=O) groups is 1. The minimum atomic E-state index is 0.600. The lowest BCUT2D eigenvalue weighted by Gasteiger charge is -2.09. The second kappa shape index (κ2) is 5.70. The van der Waals surface area contributed by atoms with Crippen LogP contribution in [-0.2, 0) is 4.79 Å². The van der Waals surface area contributed by atoms with Gasteiger partial charge in [0.2, 0.25) is 6.41 Å². The van der Waals surface area contributed by atoms with Crippen LogP contribution in [0.3, 0.4) is 0 Å². The third kappa shape index (κ3) is 2.74. The second-order valence-corrected chi connectivity index (χ2v) is 2.70. The fraction of sp³-hybridized carbons (Fsp3) is 0.182. The van der Waals surface area contributed by atoms with Gasteiger partial charge in [-0.25, -0.2) is 0 Å². The average Bonchev–Trinajstić information content (AvgIpc) is 2.29. The zero-order valence-corrected chi connectivity index (χ0v) is 8.69. The molecule has 0 radical (unpaired) electrons. The van der Waals surface area contributed by atoms with Gasteiger partial charge in [-0.3, -0.25) is 4.79 Å². The van der Waals surface area contributed by atoms with Crippen LogP contribution in [0.15, 0.2) is 24.4 Å². The van der Waals surface area contributed by atoms with Crippen LogP contribution >= 0.6 is 0 Å². The Hall–Kier alpha value is -1.97. The maximum Gasteiger partial charge on any atom is 0.211 e. The van der Waals surface area contributed by atoms with E-state index in [1.807, 2.05) is 18.2 Å². The van der Waals surface area contributed by atoms with Crippen molar-refractivity contribution in [2.24, 2.45) is 0 Å². The number of nitrogens with one attached hydrogen (secondary N) is 1. The first kappa shape index (κ1) is 11.1. The molecule has 1 N–H and O–H groups in total. The molecule has 0 aliphatic carbocycles. The summed E-state index contributed by atoms with van der Waals surface area (Å²) in [5.41, 5.74) is 0.839. The molecule has 15 heavy (non-hydrogen) atoms. The summed E-state index contributed by atoms with van der Waals surface area (Å²) < 4.78 is 10.3. The molecule has 0 aliphatic heterocycles. The van der Waals surface area contributed by atoms with E-state index >= 15 is 0 Å². The fourth-order valence-electron chi connectivity index (χ4n) is 1.22. The van der Waals surface area contributed by atoms with Crippen molar-refractivity contribution < 1.29 is 14.3 Å². The molecule has 1 amide bonds. The van der Waals surface area contributed by atoms with Crippen LogP contribution in [0.5, 0.6) is 11.5 Å². The molecule has 0 aliphatic rings. The maximum atomic E-state index is 10.1. The molecule has 0 unspecified atom stereocenters. The number of methoxy groups -OCH3 is 2. The van der Waals surface area contributed by atoms with Gasteiger partial charge in [0.05, 0.1) is 14.2 Å². The van der Waals surface area contributed by atoms with Crippen LogP contribution in [0.2, 0.25) is 0 Å². The smallest absolute Gasteiger partial charge is 0.211 e. The molecule has 0 saturated heterocycles. The summed E-state index contributed by atoms with van der Waals surface area (Å²) in [5.74, 6) is 1.30. The van der Waals surface area contributed by atoms with Crippen molar-refractivity contribution in [2.75, 3.05) is 14.2 Å². The molecule has 0 spiro atoms. The Morgan fingerprint density at radius 2 is 2.07 bits per heavy atom. The van der Waals surface area contributed by atoms with E-state index in [9.17, 15) is 4.79 Å². The molecule has 0 saturated carbocycles. The van der Waals surface area contributed by atoms with E-state index in [0.717, 1.165) is 5.56 Å². The van der Waals surface area contributed by atoms with Gasteiger partial charge in [-0.2, -0.15) is 0 Å². The van der Waals surface area contributed by atoms with Crippen molar-refractivity contribution in [1.82, 2.24) is 5.32 Å². The first-order valence-corrected chi connectivity index (χ1v) is 4.40. The fourth-order valence-corrected chi connectivity index (χ4v) is 1.22. The molecule has 0 atom stereocenters. The number of ether oxygens (including phenoxy) is 2. The van der Waals surface area contributed by atoms with E-state index in [4.69, 9.17) is 9.47 Å². The lowest BCUT2D eigenvalue weighted by Crippen LogP contribution is -1.98. The summed E-state index contributed by atoms with van der Waals surface area (Å²) in [7, 11) is 3.15. The largest absolute Gasteiger partial charge is 0.493 e. The molecule has 0 fully saturated rings. The van der Waals surface area contributed by atoms with Crippen molar-refractivity contribution in [1.29, 1.82) is 0 Å². The first-order valence-electron chi connectivity index (χ1n) is 4.40. The molecular formula is C11H13NO3. The standard InChI is InChI=1S/C11H13NO3/c1-14-10-5-3-4-9(11(10)15-2)6-7-12-8-13/h3-8H,1-2H3,(H,12,13)/b7-6+. The minimum Gasteiger partial charge on any atom is -0.493 e. The monoisotopic (exact) mass is 207 g/mol. The Morgan fingerprint density at radius 1 is 1.27 bits per heavy atom. The van der Waals surface area contributed by atoms with E-state index < -0.39 is 0 Å². The lowest BCUT2D eigenvalue weighted by molar-refractivity contribution is -0.108. The molecular weight excluding hydrogens is 194 g/mol. The average molecular weight is 207 g/mol. The van der Waals surface area contributed by atoms with Crippen molar-refractivity contribution in [3.05, 3.63) is 30.0 Å². The molecule has 0 aromatic heterocycles. The Balaban J connectivity index is 3.00. The molecule has 4 heteroatoms. The summed E-state index contributed by atoms with van der Waals surface area (Å²) in [6.45, 7) is 0. The van der Waals surface area contributed by atoms with Crippen LogP contribution in [0.4, 0.5) is 0 Å². The summed E-state index contributed by atoms with van der Waals surface area (Å²) in [5, 5.41) is 2.43. The Morgan fingerprint density at radius 3 is 2.67 bits per heavy atom. The molecule has 80 valence electrons. The zero-order valence-electron chi connectivity index (χ0n) is 8.69. The Bertz CT molecular complexity index is 361. The highest BCUT2D eigenvalue weighted by molar-refractivity contribution is 5.63. The van der Waals surface area contributed by atoms with Crippen molar-refractivity contribution in [3.8, 4) is 11.5 Å². The Labute approximate surface area is 88.5 Å². The third-order valence-electron chi connectivity index (χ3n) is 1.86. The SMILES string of the molecule is COc1cccc(/C=C/NC=O)c1OC. The van der Waals surface area contributed by atoms with Gasteiger partial charge in [0.15, 0.2) is 11.5 Å². The molecule has 0 bridgehead atoms. The van der Waals surface area contributed by atoms with E-state index in [1.54, 1.807) is 20.3 Å². The highest BCUT2D eigenvalue weighted by Crippen LogP contribution is 2.31. The number of hydrogen-bond donors (Lipinski definition) is 1. The predicted octanol–water partition coefficient (Wildman–Crippen LogP) is 1.42. The van der Waals surface area contributed by atoms with Gasteiger partial charge in [-0.05, 0) is 12.1 Å². The summed E-state index contributed by atoms with van der Waals surface area (Å²) in [6, 6.07) is 5.52. The van der Waals surface area contributed by atoms with Crippen molar-refractivity contribution >= 4 is 12.5 Å². The van der Waals surface area contributed by atoms with Gasteiger partial charge < -0.3 is 14.8 Å². The maximum absolute atomic E-state index is 10.1. The molecule has 1 rings (SSSR count). The third-order valence-corrected chi connectivity index (χ3v) is 1.86. The van der Waals surface area contributed by atoms with E-state index in [2.05, 4.69) is 5.32 Å². The molecule has 4 nitrogen and oxygen atoms in total. The summed E-state index contributed by atoms with van der Waals surface area (Å²) in [4.78, 5) is 10.1. The van der Waals surface area contributed by atoms with E-state index in [1.165, 1.54) is 6.20 Å². The van der Waals surface area contributed by atoms with Crippen LogP contribution in [0.1, 0.15) is 5.56 Å². The van der Waals surface area contributed by atoms with Gasteiger partial charge in [0.1, 0.15) is 0 Å². The van der Waals surface area contributed by atoms with E-state index in [0.29, 0.717) is 17.9 Å².